The fourth-order valence-electron chi connectivity index (χ4n) is 0.740. The molecule has 1 unspecified atom stereocenters. The quantitative estimate of drug-likeness (QED) is 0.443. The summed E-state index contributed by atoms with van der Waals surface area (Å²) >= 11 is 0. The zero-order valence-corrected chi connectivity index (χ0v) is 8.82. The molecule has 0 aliphatic heterocycles. The molecule has 0 saturated heterocycles. The molecule has 0 aliphatic rings. The van der Waals surface area contributed by atoms with Crippen molar-refractivity contribution >= 4 is 5.97 Å². The maximum Gasteiger partial charge on any atom is 0.322 e. The molecule has 0 radical (unpaired) electrons. The van der Waals surface area contributed by atoms with E-state index in [1.165, 1.54) is 0 Å². The molecule has 0 bridgehead atoms. The van der Waals surface area contributed by atoms with Crippen LogP contribution in [0.25, 0.3) is 0 Å². The van der Waals surface area contributed by atoms with Crippen molar-refractivity contribution in [2.45, 2.75) is 19.4 Å². The minimum Gasteiger partial charge on any atom is -0.462 e. The van der Waals surface area contributed by atoms with Crippen LogP contribution in [0, 0.1) is 0 Å². The monoisotopic (exact) mass is 205 g/mol. The van der Waals surface area contributed by atoms with Gasteiger partial charge in [-0.05, 0) is 13.3 Å². The molecule has 5 heteroatoms. The minimum atomic E-state index is -0.566. The molecule has 0 aromatic heterocycles. The molecular weight excluding hydrogens is 186 g/mol. The summed E-state index contributed by atoms with van der Waals surface area (Å²) in [5.74, 6) is -0.398. The van der Waals surface area contributed by atoms with E-state index in [-0.39, 0.29) is 6.61 Å². The van der Waals surface area contributed by atoms with Crippen LogP contribution in [0.2, 0.25) is 0 Å². The van der Waals surface area contributed by atoms with E-state index in [0.717, 1.165) is 6.42 Å². The number of carbonyl (C=O) groups is 1. The molecule has 0 fully saturated rings. The highest BCUT2D eigenvalue weighted by molar-refractivity contribution is 5.74. The Morgan fingerprint density at radius 3 is 2.57 bits per heavy atom. The van der Waals surface area contributed by atoms with Gasteiger partial charge in [-0.1, -0.05) is 0 Å². The van der Waals surface area contributed by atoms with E-state index in [9.17, 15) is 4.79 Å². The smallest absolute Gasteiger partial charge is 0.322 e. The first kappa shape index (κ1) is 13.4. The second-order valence-corrected chi connectivity index (χ2v) is 2.91. The predicted octanol–water partition coefficient (Wildman–Crippen LogP) is -0.0701. The third kappa shape index (κ3) is 7.97. The van der Waals surface area contributed by atoms with E-state index < -0.39 is 12.0 Å². The zero-order chi connectivity index (χ0) is 10.8. The highest BCUT2D eigenvalue weighted by Crippen LogP contribution is 1.87. The van der Waals surface area contributed by atoms with Crippen LogP contribution in [-0.4, -0.2) is 45.5 Å². The van der Waals surface area contributed by atoms with Gasteiger partial charge in [-0.15, -0.1) is 0 Å². The van der Waals surface area contributed by atoms with E-state index in [1.54, 1.807) is 14.0 Å². The lowest BCUT2D eigenvalue weighted by Gasteiger charge is -2.07. The van der Waals surface area contributed by atoms with E-state index in [0.29, 0.717) is 19.8 Å². The molecule has 5 nitrogen and oxygen atoms in total. The van der Waals surface area contributed by atoms with Gasteiger partial charge in [-0.2, -0.15) is 0 Å². The van der Waals surface area contributed by atoms with Crippen molar-refractivity contribution in [3.05, 3.63) is 0 Å². The Bertz CT molecular complexity index is 150. The summed E-state index contributed by atoms with van der Waals surface area (Å²) in [6, 6.07) is -0.566. The zero-order valence-electron chi connectivity index (χ0n) is 8.82. The second kappa shape index (κ2) is 8.93. The van der Waals surface area contributed by atoms with Crippen molar-refractivity contribution in [1.29, 1.82) is 0 Å². The average Bonchev–Trinajstić information content (AvgIpc) is 2.16. The van der Waals surface area contributed by atoms with Crippen molar-refractivity contribution in [2.24, 2.45) is 5.73 Å². The van der Waals surface area contributed by atoms with E-state index in [4.69, 9.17) is 19.9 Å². The maximum absolute atomic E-state index is 10.9. The molecule has 0 heterocycles. The Balaban J connectivity index is 3.10. The van der Waals surface area contributed by atoms with Gasteiger partial charge in [0.25, 0.3) is 0 Å². The number of carbonyl (C=O) groups excluding carboxylic acids is 1. The lowest BCUT2D eigenvalue weighted by Crippen LogP contribution is -2.29. The van der Waals surface area contributed by atoms with Gasteiger partial charge < -0.3 is 19.9 Å². The summed E-state index contributed by atoms with van der Waals surface area (Å²) in [6.45, 7) is 3.54. The largest absolute Gasteiger partial charge is 0.462 e. The van der Waals surface area contributed by atoms with Crippen molar-refractivity contribution in [3.8, 4) is 0 Å². The normalized spacial score (nSPS) is 12.5. The Labute approximate surface area is 84.5 Å². The Kier molecular flexibility index (Phi) is 8.51. The van der Waals surface area contributed by atoms with Gasteiger partial charge in [-0.3, -0.25) is 4.79 Å². The van der Waals surface area contributed by atoms with Crippen LogP contribution < -0.4 is 5.73 Å². The number of hydrogen-bond acceptors (Lipinski definition) is 5. The summed E-state index contributed by atoms with van der Waals surface area (Å²) in [6.07, 6.45) is 0.845. The van der Waals surface area contributed by atoms with Gasteiger partial charge in [0.1, 0.15) is 12.6 Å². The van der Waals surface area contributed by atoms with Crippen LogP contribution in [0.1, 0.15) is 13.3 Å². The van der Waals surface area contributed by atoms with Gasteiger partial charge >= 0.3 is 5.97 Å². The lowest BCUT2D eigenvalue weighted by atomic mass is 10.4. The molecule has 84 valence electrons. The molecule has 0 spiro atoms. The van der Waals surface area contributed by atoms with Crippen LogP contribution in [0.15, 0.2) is 0 Å². The molecule has 0 amide bonds. The third-order valence-corrected chi connectivity index (χ3v) is 1.48. The van der Waals surface area contributed by atoms with Gasteiger partial charge in [0.15, 0.2) is 0 Å². The van der Waals surface area contributed by atoms with E-state index in [2.05, 4.69) is 0 Å². The van der Waals surface area contributed by atoms with Crippen LogP contribution in [0.4, 0.5) is 0 Å². The van der Waals surface area contributed by atoms with Crippen molar-refractivity contribution < 1.29 is 19.0 Å². The van der Waals surface area contributed by atoms with E-state index in [1.807, 2.05) is 0 Å². The molecule has 1 atom stereocenters. The topological polar surface area (TPSA) is 70.8 Å². The maximum atomic E-state index is 10.9. The fraction of sp³-hybridized carbons (Fsp3) is 0.889. The number of esters is 1. The highest BCUT2D eigenvalue weighted by Gasteiger charge is 2.07. The fourth-order valence-corrected chi connectivity index (χ4v) is 0.740. The number of nitrogens with two attached hydrogens (primary N) is 1. The molecule has 0 aliphatic carbocycles. The second-order valence-electron chi connectivity index (χ2n) is 2.91. The number of ether oxygens (including phenoxy) is 3. The Hall–Kier alpha value is -0.650. The van der Waals surface area contributed by atoms with Gasteiger partial charge in [0.05, 0.1) is 6.61 Å². The van der Waals surface area contributed by atoms with Crippen molar-refractivity contribution in [3.63, 3.8) is 0 Å². The molecule has 0 saturated carbocycles. The average molecular weight is 205 g/mol. The molecular formula is C9H19NO4. The van der Waals surface area contributed by atoms with Gasteiger partial charge in [-0.25, -0.2) is 0 Å². The van der Waals surface area contributed by atoms with Crippen molar-refractivity contribution in [2.75, 3.05) is 33.5 Å². The lowest BCUT2D eigenvalue weighted by molar-refractivity contribution is -0.146. The molecule has 0 aromatic carbocycles. The summed E-state index contributed by atoms with van der Waals surface area (Å²) in [7, 11) is 1.64. The first-order valence-electron chi connectivity index (χ1n) is 4.67. The SMILES string of the molecule is COCCCOCCOC(=O)C(C)N. The molecule has 0 aromatic rings. The summed E-state index contributed by atoms with van der Waals surface area (Å²) in [5.41, 5.74) is 5.28. The van der Waals surface area contributed by atoms with Crippen molar-refractivity contribution in [1.82, 2.24) is 0 Å². The Morgan fingerprint density at radius 2 is 2.00 bits per heavy atom. The molecule has 2 N–H and O–H groups in total. The third-order valence-electron chi connectivity index (χ3n) is 1.48. The summed E-state index contributed by atoms with van der Waals surface area (Å²) in [4.78, 5) is 10.9. The first-order valence-corrected chi connectivity index (χ1v) is 4.67. The first-order chi connectivity index (χ1) is 6.68. The molecule has 14 heavy (non-hydrogen) atoms. The van der Waals surface area contributed by atoms with Gasteiger partial charge in [0, 0.05) is 20.3 Å². The molecule has 0 rings (SSSR count). The summed E-state index contributed by atoms with van der Waals surface area (Å²) in [5, 5.41) is 0. The van der Waals surface area contributed by atoms with Crippen LogP contribution in [-0.2, 0) is 19.0 Å². The predicted molar refractivity (Wildman–Crippen MR) is 51.9 cm³/mol. The number of rotatable bonds is 8. The number of hydrogen-bond donors (Lipinski definition) is 1. The van der Waals surface area contributed by atoms with Crippen LogP contribution in [0.5, 0.6) is 0 Å². The van der Waals surface area contributed by atoms with Crippen LogP contribution in [0.3, 0.4) is 0 Å². The minimum absolute atomic E-state index is 0.257. The van der Waals surface area contributed by atoms with Gasteiger partial charge in [0.2, 0.25) is 0 Å². The Morgan fingerprint density at radius 1 is 1.29 bits per heavy atom. The highest BCUT2D eigenvalue weighted by atomic mass is 16.6. The number of methoxy groups -OCH3 is 1. The van der Waals surface area contributed by atoms with E-state index >= 15 is 0 Å². The summed E-state index contributed by atoms with van der Waals surface area (Å²) < 4.78 is 14.8. The standard InChI is InChI=1S/C9H19NO4/c1-8(10)9(11)14-7-6-13-5-3-4-12-2/h8H,3-7,10H2,1-2H3. The van der Waals surface area contributed by atoms with Crippen LogP contribution >= 0.6 is 0 Å².